The minimum atomic E-state index is -0.0133. The zero-order chi connectivity index (χ0) is 19.1. The average Bonchev–Trinajstić information content (AvgIpc) is 3.13. The lowest BCUT2D eigenvalue weighted by Crippen LogP contribution is -2.22. The number of hydrogen-bond donors (Lipinski definition) is 0. The lowest BCUT2D eigenvalue weighted by Gasteiger charge is -2.12. The lowest BCUT2D eigenvalue weighted by molar-refractivity contribution is 0.217. The molecule has 138 valence electrons. The molecule has 0 saturated heterocycles. The molecule has 2 aromatic heterocycles. The number of rotatable bonds is 4. The SMILES string of the molecule is CC[C@H](C)Oc1ccc(/C=c2\sc3nc4cc(C)c(C)cc4n3c2=O)cc1. The summed E-state index contributed by atoms with van der Waals surface area (Å²) in [5.41, 5.74) is 5.07. The van der Waals surface area contributed by atoms with Gasteiger partial charge in [0.25, 0.3) is 5.56 Å². The fraction of sp³-hybridized carbons (Fsp3) is 0.273. The highest BCUT2D eigenvalue weighted by atomic mass is 32.1. The molecule has 5 heteroatoms. The van der Waals surface area contributed by atoms with Crippen LogP contribution in [0.1, 0.15) is 37.0 Å². The summed E-state index contributed by atoms with van der Waals surface area (Å²) in [5, 5.41) is 0. The largest absolute Gasteiger partial charge is 0.491 e. The van der Waals surface area contributed by atoms with Crippen molar-refractivity contribution in [3.05, 3.63) is 68.0 Å². The Morgan fingerprint density at radius 3 is 2.59 bits per heavy atom. The number of benzene rings is 2. The molecule has 0 aliphatic rings. The molecule has 0 aliphatic carbocycles. The van der Waals surface area contributed by atoms with E-state index in [0.29, 0.717) is 4.53 Å². The maximum absolute atomic E-state index is 12.9. The van der Waals surface area contributed by atoms with Crippen molar-refractivity contribution < 1.29 is 4.74 Å². The molecular weight excluding hydrogens is 356 g/mol. The highest BCUT2D eigenvalue weighted by Crippen LogP contribution is 2.21. The first-order valence-corrected chi connectivity index (χ1v) is 9.98. The van der Waals surface area contributed by atoms with Crippen molar-refractivity contribution in [3.63, 3.8) is 0 Å². The molecule has 0 unspecified atom stereocenters. The van der Waals surface area contributed by atoms with E-state index in [2.05, 4.69) is 32.7 Å². The summed E-state index contributed by atoms with van der Waals surface area (Å²) in [6.45, 7) is 8.27. The molecule has 1 atom stereocenters. The molecule has 0 bridgehead atoms. The minimum Gasteiger partial charge on any atom is -0.491 e. The van der Waals surface area contributed by atoms with Crippen LogP contribution in [-0.4, -0.2) is 15.5 Å². The van der Waals surface area contributed by atoms with E-state index in [4.69, 9.17) is 4.74 Å². The van der Waals surface area contributed by atoms with Crippen LogP contribution in [0.3, 0.4) is 0 Å². The van der Waals surface area contributed by atoms with E-state index < -0.39 is 0 Å². The fourth-order valence-corrected chi connectivity index (χ4v) is 4.02. The number of nitrogens with zero attached hydrogens (tertiary/aromatic N) is 2. The smallest absolute Gasteiger partial charge is 0.274 e. The molecule has 2 heterocycles. The van der Waals surface area contributed by atoms with Gasteiger partial charge >= 0.3 is 0 Å². The second-order valence-electron chi connectivity index (χ2n) is 6.98. The molecule has 0 saturated carbocycles. The Bertz CT molecular complexity index is 1240. The predicted molar refractivity (Wildman–Crippen MR) is 112 cm³/mol. The number of imidazole rings is 1. The van der Waals surface area contributed by atoms with Crippen LogP contribution in [0.5, 0.6) is 5.75 Å². The molecule has 0 spiro atoms. The van der Waals surface area contributed by atoms with E-state index in [-0.39, 0.29) is 11.7 Å². The van der Waals surface area contributed by atoms with E-state index in [1.807, 2.05) is 42.5 Å². The fourth-order valence-electron chi connectivity index (χ4n) is 3.03. The van der Waals surface area contributed by atoms with Crippen molar-refractivity contribution in [1.82, 2.24) is 9.38 Å². The summed E-state index contributed by atoms with van der Waals surface area (Å²) < 4.78 is 8.22. The highest BCUT2D eigenvalue weighted by Gasteiger charge is 2.12. The van der Waals surface area contributed by atoms with Crippen LogP contribution in [0.2, 0.25) is 0 Å². The minimum absolute atomic E-state index is 0.0133. The Morgan fingerprint density at radius 2 is 1.89 bits per heavy atom. The maximum Gasteiger partial charge on any atom is 0.274 e. The summed E-state index contributed by atoms with van der Waals surface area (Å²) >= 11 is 1.43. The molecule has 0 radical (unpaired) electrons. The molecule has 4 nitrogen and oxygen atoms in total. The zero-order valence-electron chi connectivity index (χ0n) is 15.9. The topological polar surface area (TPSA) is 43.6 Å². The quantitative estimate of drug-likeness (QED) is 0.533. The van der Waals surface area contributed by atoms with E-state index in [1.54, 1.807) is 4.40 Å². The van der Waals surface area contributed by atoms with Crippen LogP contribution in [0.15, 0.2) is 41.2 Å². The number of thiazole rings is 1. The zero-order valence-corrected chi connectivity index (χ0v) is 16.8. The van der Waals surface area contributed by atoms with Crippen molar-refractivity contribution in [1.29, 1.82) is 0 Å². The molecule has 0 aliphatic heterocycles. The Hall–Kier alpha value is -2.66. The number of aromatic nitrogens is 2. The van der Waals surface area contributed by atoms with Gasteiger partial charge < -0.3 is 4.74 Å². The number of fused-ring (bicyclic) bond motifs is 3. The van der Waals surface area contributed by atoms with Crippen molar-refractivity contribution in [2.45, 2.75) is 40.2 Å². The van der Waals surface area contributed by atoms with Gasteiger partial charge in [0, 0.05) is 0 Å². The van der Waals surface area contributed by atoms with Crippen LogP contribution in [0.25, 0.3) is 22.1 Å². The third kappa shape index (κ3) is 3.23. The van der Waals surface area contributed by atoms with Crippen molar-refractivity contribution in [3.8, 4) is 5.75 Å². The Balaban J connectivity index is 1.76. The van der Waals surface area contributed by atoms with Crippen molar-refractivity contribution in [2.75, 3.05) is 0 Å². The van der Waals surface area contributed by atoms with Gasteiger partial charge in [0.05, 0.1) is 21.7 Å². The number of hydrogen-bond acceptors (Lipinski definition) is 4. The second-order valence-corrected chi connectivity index (χ2v) is 7.99. The van der Waals surface area contributed by atoms with Crippen molar-refractivity contribution >= 4 is 33.4 Å². The van der Waals surface area contributed by atoms with Gasteiger partial charge in [-0.3, -0.25) is 4.79 Å². The molecule has 27 heavy (non-hydrogen) atoms. The first kappa shape index (κ1) is 17.7. The standard InChI is InChI=1S/C22H22N2O2S/c1-5-15(4)26-17-8-6-16(7-9-17)12-20-21(25)24-19-11-14(3)13(2)10-18(19)23-22(24)27-20/h6-12,15H,5H2,1-4H3/b20-12-/t15-/m0/s1. The number of aryl methyl sites for hydroxylation is 2. The van der Waals surface area contributed by atoms with Gasteiger partial charge in [-0.2, -0.15) is 0 Å². The van der Waals surface area contributed by atoms with Crippen LogP contribution in [-0.2, 0) is 0 Å². The summed E-state index contributed by atoms with van der Waals surface area (Å²) in [4.78, 5) is 18.3. The maximum atomic E-state index is 12.9. The molecule has 0 amide bonds. The van der Waals surface area contributed by atoms with Crippen LogP contribution >= 0.6 is 11.3 Å². The summed E-state index contributed by atoms with van der Waals surface area (Å²) in [6.07, 6.45) is 3.08. The molecule has 0 fully saturated rings. The van der Waals surface area contributed by atoms with E-state index in [1.165, 1.54) is 16.9 Å². The highest BCUT2D eigenvalue weighted by molar-refractivity contribution is 7.15. The Labute approximate surface area is 161 Å². The first-order chi connectivity index (χ1) is 13.0. The Kier molecular flexibility index (Phi) is 4.48. The van der Waals surface area contributed by atoms with Gasteiger partial charge in [-0.05, 0) is 74.2 Å². The molecule has 0 N–H and O–H groups in total. The predicted octanol–water partition coefficient (Wildman–Crippen LogP) is 4.25. The van der Waals surface area contributed by atoms with Crippen molar-refractivity contribution in [2.24, 2.45) is 0 Å². The second kappa shape index (κ2) is 6.82. The average molecular weight is 378 g/mol. The Morgan fingerprint density at radius 1 is 1.19 bits per heavy atom. The third-order valence-electron chi connectivity index (χ3n) is 4.94. The summed E-state index contributed by atoms with van der Waals surface area (Å²) in [5.74, 6) is 0.849. The first-order valence-electron chi connectivity index (χ1n) is 9.17. The van der Waals surface area contributed by atoms with Crippen LogP contribution in [0, 0.1) is 13.8 Å². The number of ether oxygens (including phenoxy) is 1. The summed E-state index contributed by atoms with van der Waals surface area (Å²) in [7, 11) is 0. The van der Waals surface area contributed by atoms with Gasteiger partial charge in [0.1, 0.15) is 5.75 Å². The monoisotopic (exact) mass is 378 g/mol. The van der Waals surface area contributed by atoms with Crippen LogP contribution < -0.4 is 14.8 Å². The molecule has 4 rings (SSSR count). The van der Waals surface area contributed by atoms with Gasteiger partial charge in [-0.25, -0.2) is 9.38 Å². The van der Waals surface area contributed by atoms with Gasteiger partial charge in [0.15, 0.2) is 4.96 Å². The van der Waals surface area contributed by atoms with Gasteiger partial charge in [-0.1, -0.05) is 30.4 Å². The van der Waals surface area contributed by atoms with E-state index in [0.717, 1.165) is 39.3 Å². The normalized spacial score (nSPS) is 13.6. The van der Waals surface area contributed by atoms with Gasteiger partial charge in [-0.15, -0.1) is 0 Å². The van der Waals surface area contributed by atoms with Gasteiger partial charge in [0.2, 0.25) is 0 Å². The summed E-state index contributed by atoms with van der Waals surface area (Å²) in [6, 6.07) is 11.9. The third-order valence-corrected chi connectivity index (χ3v) is 5.91. The van der Waals surface area contributed by atoms with Crippen LogP contribution in [0.4, 0.5) is 0 Å². The van der Waals surface area contributed by atoms with E-state index >= 15 is 0 Å². The lowest BCUT2D eigenvalue weighted by atomic mass is 10.1. The molecule has 4 aromatic rings. The molecule has 2 aromatic carbocycles. The van der Waals surface area contributed by atoms with E-state index in [9.17, 15) is 4.79 Å². The molecular formula is C22H22N2O2S.